The lowest BCUT2D eigenvalue weighted by Crippen LogP contribution is -2.50. The molecule has 0 aromatic heterocycles. The van der Waals surface area contributed by atoms with Crippen molar-refractivity contribution in [1.29, 1.82) is 0 Å². The molecule has 0 radical (unpaired) electrons. The lowest BCUT2D eigenvalue weighted by Gasteiger charge is -2.58. The Kier molecular flexibility index (Phi) is 3.75. The van der Waals surface area contributed by atoms with E-state index >= 15 is 0 Å². The van der Waals surface area contributed by atoms with Crippen LogP contribution in [0.5, 0.6) is 0 Å². The average molecular weight is 316 g/mol. The fourth-order valence-corrected chi connectivity index (χ4v) is 7.25. The number of aldehydes is 1. The minimum atomic E-state index is -0.108. The van der Waals surface area contributed by atoms with Crippen molar-refractivity contribution in [3.05, 3.63) is 11.6 Å². The van der Waals surface area contributed by atoms with Gasteiger partial charge < -0.3 is 9.90 Å². The number of hydrogen-bond donors (Lipinski definition) is 1. The fourth-order valence-electron chi connectivity index (χ4n) is 7.25. The van der Waals surface area contributed by atoms with Gasteiger partial charge in [-0.1, -0.05) is 25.5 Å². The minimum absolute atomic E-state index is 0.108. The Morgan fingerprint density at radius 2 is 2.00 bits per heavy atom. The Labute approximate surface area is 140 Å². The van der Waals surface area contributed by atoms with Crippen LogP contribution in [0.3, 0.4) is 0 Å². The van der Waals surface area contributed by atoms with E-state index in [0.717, 1.165) is 43.3 Å². The molecule has 1 N–H and O–H groups in total. The quantitative estimate of drug-likeness (QED) is 0.601. The Bertz CT molecular complexity index is 524. The molecule has 0 aromatic rings. The van der Waals surface area contributed by atoms with Gasteiger partial charge in [0.15, 0.2) is 0 Å². The van der Waals surface area contributed by atoms with Gasteiger partial charge in [0.1, 0.15) is 6.29 Å². The van der Waals surface area contributed by atoms with Crippen molar-refractivity contribution < 1.29 is 9.90 Å². The van der Waals surface area contributed by atoms with Crippen molar-refractivity contribution >= 4 is 6.29 Å². The normalized spacial score (nSPS) is 52.1. The lowest BCUT2D eigenvalue weighted by molar-refractivity contribution is -0.110. The Morgan fingerprint density at radius 3 is 2.78 bits per heavy atom. The molecule has 2 heteroatoms. The highest BCUT2D eigenvalue weighted by Crippen LogP contribution is 2.66. The summed E-state index contributed by atoms with van der Waals surface area (Å²) in [6.45, 7) is 4.98. The Balaban J connectivity index is 1.63. The van der Waals surface area contributed by atoms with Crippen molar-refractivity contribution in [3.8, 4) is 0 Å². The summed E-state index contributed by atoms with van der Waals surface area (Å²) >= 11 is 0. The Morgan fingerprint density at radius 1 is 1.17 bits per heavy atom. The van der Waals surface area contributed by atoms with Crippen molar-refractivity contribution in [2.45, 2.75) is 77.7 Å². The second-order valence-electron chi connectivity index (χ2n) is 9.38. The average Bonchev–Trinajstić information content (AvgIpc) is 2.85. The molecule has 2 nitrogen and oxygen atoms in total. The van der Waals surface area contributed by atoms with E-state index in [1.165, 1.54) is 38.5 Å². The number of allylic oxidation sites excluding steroid dienone is 1. The van der Waals surface area contributed by atoms with Gasteiger partial charge in [0.2, 0.25) is 0 Å². The zero-order chi connectivity index (χ0) is 16.2. The molecule has 0 heterocycles. The summed E-state index contributed by atoms with van der Waals surface area (Å²) in [4.78, 5) is 11.1. The number of aliphatic hydroxyl groups excluding tert-OH is 1. The molecule has 128 valence electrons. The van der Waals surface area contributed by atoms with Crippen LogP contribution in [0.15, 0.2) is 11.6 Å². The van der Waals surface area contributed by atoms with E-state index < -0.39 is 0 Å². The van der Waals surface area contributed by atoms with Crippen LogP contribution in [0.25, 0.3) is 0 Å². The molecule has 3 saturated carbocycles. The van der Waals surface area contributed by atoms with Crippen molar-refractivity contribution in [2.24, 2.45) is 34.5 Å². The summed E-state index contributed by atoms with van der Waals surface area (Å²) in [5.74, 6) is 3.06. The van der Waals surface area contributed by atoms with E-state index in [9.17, 15) is 9.90 Å². The molecular formula is C21H32O2. The molecule has 0 bridgehead atoms. The van der Waals surface area contributed by atoms with E-state index in [1.807, 2.05) is 0 Å². The van der Waals surface area contributed by atoms with Gasteiger partial charge in [-0.3, -0.25) is 0 Å². The van der Waals surface area contributed by atoms with Crippen LogP contribution >= 0.6 is 0 Å². The summed E-state index contributed by atoms with van der Waals surface area (Å²) in [5.41, 5.74) is 2.30. The molecule has 7 unspecified atom stereocenters. The van der Waals surface area contributed by atoms with Gasteiger partial charge >= 0.3 is 0 Å². The van der Waals surface area contributed by atoms with Crippen molar-refractivity contribution in [3.63, 3.8) is 0 Å². The first-order valence-electron chi connectivity index (χ1n) is 9.80. The number of rotatable bonds is 2. The monoisotopic (exact) mass is 316 g/mol. The second kappa shape index (κ2) is 5.44. The number of carbonyl (C=O) groups excluding carboxylic acids is 1. The third-order valence-electron chi connectivity index (χ3n) is 8.66. The summed E-state index contributed by atoms with van der Waals surface area (Å²) in [7, 11) is 0. The summed E-state index contributed by atoms with van der Waals surface area (Å²) in [6.07, 6.45) is 13.8. The van der Waals surface area contributed by atoms with Gasteiger partial charge in [-0.25, -0.2) is 0 Å². The van der Waals surface area contributed by atoms with Crippen LogP contribution in [0.1, 0.15) is 71.6 Å². The van der Waals surface area contributed by atoms with Gasteiger partial charge in [0.25, 0.3) is 0 Å². The summed E-state index contributed by atoms with van der Waals surface area (Å²) in [5, 5.41) is 10.1. The third-order valence-corrected chi connectivity index (χ3v) is 8.66. The molecular weight excluding hydrogens is 284 g/mol. The predicted molar refractivity (Wildman–Crippen MR) is 91.9 cm³/mol. The molecule has 0 saturated heterocycles. The van der Waals surface area contributed by atoms with E-state index in [-0.39, 0.29) is 6.10 Å². The number of carbonyl (C=O) groups is 1. The van der Waals surface area contributed by atoms with Gasteiger partial charge in [0, 0.05) is 6.42 Å². The first-order valence-corrected chi connectivity index (χ1v) is 9.80. The van der Waals surface area contributed by atoms with E-state index in [1.54, 1.807) is 5.57 Å². The predicted octanol–water partition coefficient (Wildman–Crippen LogP) is 4.52. The molecule has 4 rings (SSSR count). The highest BCUT2D eigenvalue weighted by atomic mass is 16.3. The van der Waals surface area contributed by atoms with Gasteiger partial charge in [-0.15, -0.1) is 0 Å². The highest BCUT2D eigenvalue weighted by molar-refractivity contribution is 5.50. The summed E-state index contributed by atoms with van der Waals surface area (Å²) < 4.78 is 0. The molecule has 3 fully saturated rings. The standard InChI is InChI=1S/C21H32O2/c1-20-11-8-19-17(18(20)6-4-14(20)9-12-22)5-3-15-13-16(23)7-10-21(15,19)2/h3,12,14,16-19,23H,4-11,13H2,1-2H3. The van der Waals surface area contributed by atoms with Gasteiger partial charge in [0.05, 0.1) is 6.10 Å². The van der Waals surface area contributed by atoms with E-state index in [4.69, 9.17) is 0 Å². The van der Waals surface area contributed by atoms with Crippen molar-refractivity contribution in [1.82, 2.24) is 0 Å². The van der Waals surface area contributed by atoms with Crippen LogP contribution in [0.2, 0.25) is 0 Å². The topological polar surface area (TPSA) is 37.3 Å². The molecule has 0 aromatic carbocycles. The lowest BCUT2D eigenvalue weighted by atomic mass is 9.47. The van der Waals surface area contributed by atoms with Crippen molar-refractivity contribution in [2.75, 3.05) is 0 Å². The number of hydrogen-bond acceptors (Lipinski definition) is 2. The van der Waals surface area contributed by atoms with Crippen LogP contribution in [0.4, 0.5) is 0 Å². The maximum atomic E-state index is 11.1. The fraction of sp³-hybridized carbons (Fsp3) is 0.857. The second-order valence-corrected chi connectivity index (χ2v) is 9.38. The summed E-state index contributed by atoms with van der Waals surface area (Å²) in [6, 6.07) is 0. The van der Waals surface area contributed by atoms with Gasteiger partial charge in [-0.05, 0) is 85.9 Å². The number of fused-ring (bicyclic) bond motifs is 5. The zero-order valence-corrected chi connectivity index (χ0v) is 14.8. The first-order chi connectivity index (χ1) is 11.0. The van der Waals surface area contributed by atoms with Gasteiger partial charge in [-0.2, -0.15) is 0 Å². The molecule has 7 atom stereocenters. The molecule has 4 aliphatic carbocycles. The molecule has 4 aliphatic rings. The van der Waals surface area contributed by atoms with Crippen LogP contribution < -0.4 is 0 Å². The highest BCUT2D eigenvalue weighted by Gasteiger charge is 2.58. The maximum absolute atomic E-state index is 11.1. The number of aliphatic hydroxyl groups is 1. The molecule has 0 spiro atoms. The smallest absolute Gasteiger partial charge is 0.120 e. The van der Waals surface area contributed by atoms with E-state index in [2.05, 4.69) is 19.9 Å². The molecule has 23 heavy (non-hydrogen) atoms. The Hall–Kier alpha value is -0.630. The van der Waals surface area contributed by atoms with Crippen LogP contribution in [0, 0.1) is 34.5 Å². The maximum Gasteiger partial charge on any atom is 0.120 e. The third kappa shape index (κ3) is 2.20. The molecule has 0 aliphatic heterocycles. The largest absolute Gasteiger partial charge is 0.393 e. The molecule has 0 amide bonds. The SMILES string of the molecule is CC12CCC(O)CC1=CCC1C2CCC2(C)C(CC=O)CCC12. The zero-order valence-electron chi connectivity index (χ0n) is 14.8. The minimum Gasteiger partial charge on any atom is -0.393 e. The first kappa shape index (κ1) is 15.9. The van der Waals surface area contributed by atoms with E-state index in [0.29, 0.717) is 16.7 Å². The van der Waals surface area contributed by atoms with Crippen LogP contribution in [-0.2, 0) is 4.79 Å². The van der Waals surface area contributed by atoms with Crippen LogP contribution in [-0.4, -0.2) is 17.5 Å².